The van der Waals surface area contributed by atoms with E-state index in [1.54, 1.807) is 0 Å². The zero-order valence-corrected chi connectivity index (χ0v) is 16.4. The van der Waals surface area contributed by atoms with Crippen LogP contribution < -0.4 is 20.9 Å². The van der Waals surface area contributed by atoms with Crippen LogP contribution in [0.4, 0.5) is 4.39 Å². The highest BCUT2D eigenvalue weighted by atomic mass is 35.5. The number of hydrogen-bond acceptors (Lipinski definition) is 5. The number of halogens is 2. The Hall–Kier alpha value is -1.90. The monoisotopic (exact) mass is 411 g/mol. The Kier molecular flexibility index (Phi) is 4.76. The number of carbonyl (C=O) groups excluding carboxylic acids is 2. The Bertz CT molecular complexity index is 791. The lowest BCUT2D eigenvalue weighted by Crippen LogP contribution is -2.84. The van der Waals surface area contributed by atoms with Gasteiger partial charge in [0.15, 0.2) is 6.61 Å². The van der Waals surface area contributed by atoms with E-state index in [9.17, 15) is 14.0 Å². The molecule has 3 atom stereocenters. The van der Waals surface area contributed by atoms with Gasteiger partial charge < -0.3 is 15.4 Å². The first kappa shape index (κ1) is 19.4. The van der Waals surface area contributed by atoms with Crippen molar-refractivity contribution in [3.05, 3.63) is 29.0 Å². The molecule has 3 saturated carbocycles. The van der Waals surface area contributed by atoms with Crippen LogP contribution in [0.5, 0.6) is 5.75 Å². The minimum Gasteiger partial charge on any atom is -0.484 e. The van der Waals surface area contributed by atoms with Crippen molar-refractivity contribution in [1.82, 2.24) is 16.1 Å². The number of ether oxygens (including phenoxy) is 1. The fraction of sp³-hybridized carbons (Fsp3) is 0.579. The van der Waals surface area contributed by atoms with Crippen molar-refractivity contribution in [2.24, 2.45) is 5.92 Å². The average Bonchev–Trinajstić information content (AvgIpc) is 2.91. The van der Waals surface area contributed by atoms with E-state index < -0.39 is 5.82 Å². The maximum Gasteiger partial charge on any atom is 0.258 e. The van der Waals surface area contributed by atoms with Crippen molar-refractivity contribution in [2.75, 3.05) is 6.61 Å². The van der Waals surface area contributed by atoms with Gasteiger partial charge in [-0.25, -0.2) is 4.39 Å². The summed E-state index contributed by atoms with van der Waals surface area (Å²) in [5.41, 5.74) is 2.33. The molecule has 0 aromatic heterocycles. The summed E-state index contributed by atoms with van der Waals surface area (Å²) in [5.74, 6) is -0.867. The van der Waals surface area contributed by atoms with Crippen molar-refractivity contribution in [3.63, 3.8) is 0 Å². The Labute approximate surface area is 167 Å². The topological polar surface area (TPSA) is 88.7 Å². The van der Waals surface area contributed by atoms with Crippen LogP contribution in [0, 0.1) is 11.7 Å². The Morgan fingerprint density at radius 3 is 2.57 bits per heavy atom. The lowest BCUT2D eigenvalue weighted by molar-refractivity contribution is -0.153. The smallest absolute Gasteiger partial charge is 0.258 e. The summed E-state index contributed by atoms with van der Waals surface area (Å²) in [6, 6.07) is 3.99. The molecule has 152 valence electrons. The van der Waals surface area contributed by atoms with Gasteiger partial charge in [0, 0.05) is 23.2 Å². The molecule has 1 heterocycles. The van der Waals surface area contributed by atoms with Crippen molar-refractivity contribution in [2.45, 2.75) is 56.3 Å². The zero-order chi connectivity index (χ0) is 20.1. The summed E-state index contributed by atoms with van der Waals surface area (Å²) in [5, 5.41) is 6.10. The number of benzene rings is 1. The van der Waals surface area contributed by atoms with Crippen molar-refractivity contribution >= 4 is 23.4 Å². The largest absolute Gasteiger partial charge is 0.484 e. The molecule has 4 aliphatic rings. The second kappa shape index (κ2) is 6.86. The molecule has 1 aromatic rings. The highest BCUT2D eigenvalue weighted by molar-refractivity contribution is 6.30. The summed E-state index contributed by atoms with van der Waals surface area (Å²) >= 11 is 5.62. The molecule has 5 rings (SSSR count). The lowest BCUT2D eigenvalue weighted by atomic mass is 9.44. The van der Waals surface area contributed by atoms with Gasteiger partial charge in [-0.3, -0.25) is 14.4 Å². The summed E-state index contributed by atoms with van der Waals surface area (Å²) < 4.78 is 18.7. The van der Waals surface area contributed by atoms with Gasteiger partial charge in [-0.1, -0.05) is 11.6 Å². The van der Waals surface area contributed by atoms with Crippen LogP contribution >= 0.6 is 11.6 Å². The maximum atomic E-state index is 13.4. The summed E-state index contributed by atoms with van der Waals surface area (Å²) in [6.45, 7) is 3.59. The molecule has 0 spiro atoms. The zero-order valence-electron chi connectivity index (χ0n) is 15.7. The summed E-state index contributed by atoms with van der Waals surface area (Å²) in [7, 11) is 0. The molecule has 4 fully saturated rings. The van der Waals surface area contributed by atoms with Crippen molar-refractivity contribution in [3.8, 4) is 5.75 Å². The molecule has 3 aliphatic carbocycles. The van der Waals surface area contributed by atoms with E-state index in [2.05, 4.69) is 16.1 Å². The van der Waals surface area contributed by atoms with Crippen LogP contribution in [0.25, 0.3) is 0 Å². The van der Waals surface area contributed by atoms with Crippen LogP contribution in [0.15, 0.2) is 18.2 Å². The highest BCUT2D eigenvalue weighted by Gasteiger charge is 2.69. The molecular formula is C19H23ClFN3O4. The second-order valence-corrected chi connectivity index (χ2v) is 8.66. The molecule has 28 heavy (non-hydrogen) atoms. The molecule has 7 nitrogen and oxygen atoms in total. The van der Waals surface area contributed by atoms with Gasteiger partial charge in [-0.05, 0) is 45.2 Å². The minimum absolute atomic E-state index is 0.00162. The Morgan fingerprint density at radius 2 is 1.96 bits per heavy atom. The third-order valence-corrected chi connectivity index (χ3v) is 6.18. The van der Waals surface area contributed by atoms with E-state index in [0.717, 1.165) is 6.07 Å². The number of hydrogen-bond donors (Lipinski definition) is 3. The lowest BCUT2D eigenvalue weighted by Gasteiger charge is -2.70. The predicted molar refractivity (Wildman–Crippen MR) is 99.1 cm³/mol. The molecule has 3 N–H and O–H groups in total. The minimum atomic E-state index is -0.594. The summed E-state index contributed by atoms with van der Waals surface area (Å²) in [4.78, 5) is 30.0. The van der Waals surface area contributed by atoms with Gasteiger partial charge in [0.2, 0.25) is 5.91 Å². The first-order chi connectivity index (χ1) is 13.2. The van der Waals surface area contributed by atoms with Crippen LogP contribution in [0.1, 0.15) is 33.1 Å². The molecular weight excluding hydrogens is 389 g/mol. The molecule has 2 amide bonds. The van der Waals surface area contributed by atoms with E-state index in [4.69, 9.17) is 21.2 Å². The van der Waals surface area contributed by atoms with E-state index in [0.29, 0.717) is 19.3 Å². The first-order valence-electron chi connectivity index (χ1n) is 9.33. The normalized spacial score (nSPS) is 35.5. The fourth-order valence-corrected chi connectivity index (χ4v) is 4.77. The fourth-order valence-electron chi connectivity index (χ4n) is 4.65. The number of nitrogens with one attached hydrogen (secondary N) is 3. The van der Waals surface area contributed by atoms with Crippen LogP contribution in [0.3, 0.4) is 0 Å². The molecule has 0 radical (unpaired) electrons. The maximum absolute atomic E-state index is 13.4. The number of carbonyl (C=O) groups is 2. The van der Waals surface area contributed by atoms with Crippen molar-refractivity contribution in [1.29, 1.82) is 0 Å². The Morgan fingerprint density at radius 1 is 1.29 bits per heavy atom. The predicted octanol–water partition coefficient (Wildman–Crippen LogP) is 1.69. The number of rotatable bonds is 6. The summed E-state index contributed by atoms with van der Waals surface area (Å²) in [6.07, 6.45) is 1.94. The molecule has 1 saturated heterocycles. The molecule has 1 aliphatic heterocycles. The number of hydroxylamine groups is 1. The molecule has 3 unspecified atom stereocenters. The second-order valence-electron chi connectivity index (χ2n) is 8.25. The molecule has 9 heteroatoms. The third-order valence-electron chi connectivity index (χ3n) is 5.87. The van der Waals surface area contributed by atoms with E-state index in [1.165, 1.54) is 12.1 Å². The van der Waals surface area contributed by atoms with E-state index >= 15 is 0 Å². The quantitative estimate of drug-likeness (QED) is 0.663. The van der Waals surface area contributed by atoms with Gasteiger partial charge >= 0.3 is 0 Å². The van der Waals surface area contributed by atoms with E-state index in [1.807, 2.05) is 13.8 Å². The molecule has 2 bridgehead atoms. The van der Waals surface area contributed by atoms with Gasteiger partial charge in [0.25, 0.3) is 5.91 Å². The molecule has 1 aromatic carbocycles. The van der Waals surface area contributed by atoms with Crippen molar-refractivity contribution < 1.29 is 23.6 Å². The van der Waals surface area contributed by atoms with Crippen LogP contribution in [-0.2, 0) is 14.4 Å². The van der Waals surface area contributed by atoms with E-state index in [-0.39, 0.29) is 58.3 Å². The van der Waals surface area contributed by atoms with Gasteiger partial charge in [0.05, 0.1) is 17.0 Å². The number of amides is 2. The average molecular weight is 412 g/mol. The standard InChI is InChI=1S/C19H23ClFN3O4/c1-10-16(11(2)28-24-10)17(26)23-19-7-18(8-19,9-19)22-15(25)6-27-12-3-4-13(20)14(21)5-12/h3-5,10-11,16,24H,6-9H2,1-2H3,(H,22,25)(H,23,26). The van der Waals surface area contributed by atoms with Crippen LogP contribution in [0.2, 0.25) is 5.02 Å². The first-order valence-corrected chi connectivity index (χ1v) is 9.71. The Balaban J connectivity index is 1.22. The van der Waals surface area contributed by atoms with Gasteiger partial charge in [-0.2, -0.15) is 5.48 Å². The van der Waals surface area contributed by atoms with Gasteiger partial charge in [-0.15, -0.1) is 0 Å². The highest BCUT2D eigenvalue weighted by Crippen LogP contribution is 2.60. The van der Waals surface area contributed by atoms with Gasteiger partial charge in [0.1, 0.15) is 11.6 Å². The SMILES string of the molecule is CC1NOC(C)C1C(=O)NC12CC(NC(=O)COc3ccc(Cl)c(F)c3)(C1)C2. The van der Waals surface area contributed by atoms with Crippen LogP contribution in [-0.4, -0.2) is 41.6 Å². The third kappa shape index (κ3) is 3.44.